The van der Waals surface area contributed by atoms with Gasteiger partial charge >= 0.3 is 0 Å². The van der Waals surface area contributed by atoms with E-state index in [9.17, 15) is 4.55 Å². The van der Waals surface area contributed by atoms with Crippen LogP contribution in [0.15, 0.2) is 16.2 Å². The van der Waals surface area contributed by atoms with E-state index < -0.39 is 16.1 Å². The van der Waals surface area contributed by atoms with Crippen LogP contribution in [0.3, 0.4) is 0 Å². The zero-order valence-corrected chi connectivity index (χ0v) is 9.68. The molecule has 0 amide bonds. The zero-order valence-electron chi connectivity index (χ0n) is 8.87. The van der Waals surface area contributed by atoms with Gasteiger partial charge in [-0.3, -0.25) is 0 Å². The summed E-state index contributed by atoms with van der Waals surface area (Å²) in [5.74, 6) is 0. The maximum Gasteiger partial charge on any atom is 0.144 e. The Hall–Kier alpha value is -0.810. The third-order valence-corrected chi connectivity index (χ3v) is 2.73. The molecule has 0 unspecified atom stereocenters. The normalized spacial score (nSPS) is 15.9. The molecule has 0 saturated carbocycles. The molecule has 0 bridgehead atoms. The van der Waals surface area contributed by atoms with E-state index in [1.165, 1.54) is 13.1 Å². The van der Waals surface area contributed by atoms with Gasteiger partial charge in [0, 0.05) is 5.71 Å². The first kappa shape index (κ1) is 13.2. The fourth-order valence-electron chi connectivity index (χ4n) is 0.490. The SMILES string of the molecule is CC(=N)C(=C\O)/C=N/[S@@+]([O-])C(C)(C)C. The molecule has 4 nitrogen and oxygen atoms in total. The molecule has 5 heteroatoms. The van der Waals surface area contributed by atoms with Gasteiger partial charge in [-0.15, -0.1) is 0 Å². The molecule has 0 aliphatic carbocycles. The molecule has 0 aliphatic rings. The Labute approximate surface area is 87.6 Å². The first-order valence-electron chi connectivity index (χ1n) is 4.15. The molecule has 0 rings (SSSR count). The molecule has 0 saturated heterocycles. The van der Waals surface area contributed by atoms with Crippen molar-refractivity contribution in [2.45, 2.75) is 32.4 Å². The molecule has 0 spiro atoms. The van der Waals surface area contributed by atoms with Crippen molar-refractivity contribution >= 4 is 23.3 Å². The van der Waals surface area contributed by atoms with Gasteiger partial charge in [0.1, 0.15) is 16.1 Å². The predicted octanol–water partition coefficient (Wildman–Crippen LogP) is 2.00. The fourth-order valence-corrected chi connectivity index (χ4v) is 1.02. The Morgan fingerprint density at radius 2 is 2.00 bits per heavy atom. The van der Waals surface area contributed by atoms with Gasteiger partial charge in [-0.05, 0) is 27.7 Å². The number of hydrogen-bond acceptors (Lipinski definition) is 4. The molecule has 0 radical (unpaired) electrons. The Bertz CT molecular complexity index is 266. The lowest BCUT2D eigenvalue weighted by Gasteiger charge is -2.17. The van der Waals surface area contributed by atoms with Crippen LogP contribution in [0.1, 0.15) is 27.7 Å². The fraction of sp³-hybridized carbons (Fsp3) is 0.556. The van der Waals surface area contributed by atoms with Crippen LogP contribution in [0, 0.1) is 5.41 Å². The van der Waals surface area contributed by atoms with E-state index in [4.69, 9.17) is 10.5 Å². The van der Waals surface area contributed by atoms with Crippen LogP contribution in [-0.4, -0.2) is 26.3 Å². The van der Waals surface area contributed by atoms with Crippen LogP contribution in [0.2, 0.25) is 0 Å². The molecule has 0 aliphatic heterocycles. The third-order valence-electron chi connectivity index (χ3n) is 1.38. The Morgan fingerprint density at radius 1 is 1.50 bits per heavy atom. The first-order chi connectivity index (χ1) is 6.29. The van der Waals surface area contributed by atoms with Crippen LogP contribution < -0.4 is 0 Å². The smallest absolute Gasteiger partial charge is 0.144 e. The highest BCUT2D eigenvalue weighted by Crippen LogP contribution is 2.16. The highest BCUT2D eigenvalue weighted by molar-refractivity contribution is 7.91. The second kappa shape index (κ2) is 5.17. The van der Waals surface area contributed by atoms with E-state index in [1.807, 2.05) is 0 Å². The van der Waals surface area contributed by atoms with E-state index in [-0.39, 0.29) is 11.3 Å². The zero-order chi connectivity index (χ0) is 11.4. The summed E-state index contributed by atoms with van der Waals surface area (Å²) in [6, 6.07) is 0. The quantitative estimate of drug-likeness (QED) is 0.430. The minimum Gasteiger partial charge on any atom is -0.591 e. The van der Waals surface area contributed by atoms with Crippen molar-refractivity contribution < 1.29 is 9.66 Å². The lowest BCUT2D eigenvalue weighted by molar-refractivity contribution is 0.472. The Balaban J connectivity index is 4.52. The molecule has 0 aromatic rings. The molecule has 0 aromatic carbocycles. The van der Waals surface area contributed by atoms with Crippen LogP contribution in [-0.2, 0) is 11.4 Å². The second-order valence-corrected chi connectivity index (χ2v) is 5.74. The van der Waals surface area contributed by atoms with Crippen molar-refractivity contribution in [2.24, 2.45) is 4.40 Å². The Morgan fingerprint density at radius 3 is 2.29 bits per heavy atom. The number of aliphatic hydroxyl groups is 1. The highest BCUT2D eigenvalue weighted by atomic mass is 32.2. The minimum absolute atomic E-state index is 0.183. The number of nitrogens with zero attached hydrogens (tertiary/aromatic N) is 1. The van der Waals surface area contributed by atoms with Crippen LogP contribution in [0.5, 0.6) is 0 Å². The lowest BCUT2D eigenvalue weighted by Crippen LogP contribution is -2.26. The lowest BCUT2D eigenvalue weighted by atomic mass is 10.2. The third kappa shape index (κ3) is 4.43. The summed E-state index contributed by atoms with van der Waals surface area (Å²) >= 11 is -1.36. The van der Waals surface area contributed by atoms with Gasteiger partial charge in [-0.25, -0.2) is 0 Å². The molecule has 80 valence electrons. The van der Waals surface area contributed by atoms with Crippen molar-refractivity contribution in [1.82, 2.24) is 0 Å². The topological polar surface area (TPSA) is 79.5 Å². The monoisotopic (exact) mass is 216 g/mol. The average Bonchev–Trinajstić information content (AvgIpc) is 2.02. The minimum atomic E-state index is -1.36. The summed E-state index contributed by atoms with van der Waals surface area (Å²) in [5, 5.41) is 16.0. The molecular formula is C9H16N2O2S. The molecule has 1 atom stereocenters. The second-order valence-electron chi connectivity index (χ2n) is 3.81. The van der Waals surface area contributed by atoms with E-state index in [0.717, 1.165) is 6.26 Å². The molecule has 0 aromatic heterocycles. The van der Waals surface area contributed by atoms with E-state index >= 15 is 0 Å². The van der Waals surface area contributed by atoms with Crippen molar-refractivity contribution in [2.75, 3.05) is 0 Å². The standard InChI is InChI=1S/C9H16N2O2S/c1-7(10)8(6-12)5-11-14(13)9(2,3)4/h5-6,10,12H,1-4H3/b8-6-,10-7?,11-5+/t14-/m0/s1. The molecule has 14 heavy (non-hydrogen) atoms. The summed E-state index contributed by atoms with van der Waals surface area (Å²) in [7, 11) is 0. The average molecular weight is 216 g/mol. The largest absolute Gasteiger partial charge is 0.591 e. The van der Waals surface area contributed by atoms with Crippen molar-refractivity contribution in [1.29, 1.82) is 5.41 Å². The summed E-state index contributed by atoms with van der Waals surface area (Å²) < 4.78 is 14.8. The maximum absolute atomic E-state index is 11.4. The van der Waals surface area contributed by atoms with E-state index in [2.05, 4.69) is 4.40 Å². The van der Waals surface area contributed by atoms with Gasteiger partial charge in [-0.2, -0.15) is 0 Å². The Kier molecular flexibility index (Phi) is 4.87. The number of hydrogen-bond donors (Lipinski definition) is 2. The van der Waals surface area contributed by atoms with Gasteiger partial charge in [0.15, 0.2) is 0 Å². The number of aliphatic hydroxyl groups excluding tert-OH is 1. The molecular weight excluding hydrogens is 200 g/mol. The van der Waals surface area contributed by atoms with Crippen molar-refractivity contribution in [3.05, 3.63) is 11.8 Å². The number of allylic oxidation sites excluding steroid dienone is 1. The summed E-state index contributed by atoms with van der Waals surface area (Å²) in [5.41, 5.74) is 0.449. The van der Waals surface area contributed by atoms with Gasteiger partial charge < -0.3 is 15.1 Å². The summed E-state index contributed by atoms with van der Waals surface area (Å²) in [6.45, 7) is 6.94. The van der Waals surface area contributed by atoms with Crippen LogP contribution >= 0.6 is 0 Å². The molecule has 0 heterocycles. The van der Waals surface area contributed by atoms with Crippen molar-refractivity contribution in [3.63, 3.8) is 0 Å². The first-order valence-corrected chi connectivity index (χ1v) is 5.25. The van der Waals surface area contributed by atoms with E-state index in [0.29, 0.717) is 0 Å². The van der Waals surface area contributed by atoms with Gasteiger partial charge in [0.2, 0.25) is 0 Å². The molecule has 0 fully saturated rings. The van der Waals surface area contributed by atoms with E-state index in [1.54, 1.807) is 20.8 Å². The molecule has 2 N–H and O–H groups in total. The van der Waals surface area contributed by atoms with Gasteiger partial charge in [0.25, 0.3) is 0 Å². The van der Waals surface area contributed by atoms with Crippen molar-refractivity contribution in [3.8, 4) is 0 Å². The van der Waals surface area contributed by atoms with Crippen LogP contribution in [0.25, 0.3) is 0 Å². The highest BCUT2D eigenvalue weighted by Gasteiger charge is 2.25. The number of rotatable bonds is 3. The van der Waals surface area contributed by atoms with Gasteiger partial charge in [0.05, 0.1) is 18.0 Å². The van der Waals surface area contributed by atoms with Gasteiger partial charge in [-0.1, -0.05) is 4.40 Å². The predicted molar refractivity (Wildman–Crippen MR) is 60.5 cm³/mol. The van der Waals surface area contributed by atoms with Crippen LogP contribution in [0.4, 0.5) is 0 Å². The maximum atomic E-state index is 11.4. The summed E-state index contributed by atoms with van der Waals surface area (Å²) in [4.78, 5) is 0. The summed E-state index contributed by atoms with van der Waals surface area (Å²) in [6.07, 6.45) is 2.04. The number of nitrogens with one attached hydrogen (secondary N) is 1.